The van der Waals surface area contributed by atoms with Crippen molar-refractivity contribution < 1.29 is 13.9 Å². The summed E-state index contributed by atoms with van der Waals surface area (Å²) in [6.07, 6.45) is 4.03. The highest BCUT2D eigenvalue weighted by atomic mass is 16.5. The second-order valence-corrected chi connectivity index (χ2v) is 6.70. The number of nitrogens with zero attached hydrogens (tertiary/aromatic N) is 3. The van der Waals surface area contributed by atoms with E-state index in [-0.39, 0.29) is 18.1 Å². The second-order valence-electron chi connectivity index (χ2n) is 6.70. The van der Waals surface area contributed by atoms with Crippen molar-refractivity contribution in [2.45, 2.75) is 51.7 Å². The van der Waals surface area contributed by atoms with Gasteiger partial charge in [-0.2, -0.15) is 0 Å². The minimum Gasteiger partial charge on any atom is -0.423 e. The van der Waals surface area contributed by atoms with Gasteiger partial charge in [0.2, 0.25) is 11.8 Å². The number of carbonyl (C=O) groups excluding carboxylic acids is 1. The van der Waals surface area contributed by atoms with E-state index in [1.165, 1.54) is 24.1 Å². The number of amides is 1. The molecule has 2 atom stereocenters. The minimum absolute atomic E-state index is 0.0146. The summed E-state index contributed by atoms with van der Waals surface area (Å²) in [5.74, 6) is 0.949. The van der Waals surface area contributed by atoms with Crippen molar-refractivity contribution in [2.24, 2.45) is 0 Å². The summed E-state index contributed by atoms with van der Waals surface area (Å²) in [5.41, 5.74) is 3.18. The van der Waals surface area contributed by atoms with Crippen molar-refractivity contribution in [3.8, 4) is 0 Å². The number of morpholine rings is 1. The standard InChI is InChI=1S/C17H22N4O3/c1-10-8-21(9-15(23-10)16-20-19-11(2)24-16)17(22)14-7-12-5-3-4-6-13(12)18-14/h7,10,15,18H,3-6,8-9H2,1-2H3/t10-,15-/m1/s1. The van der Waals surface area contributed by atoms with Crippen molar-refractivity contribution in [3.63, 3.8) is 0 Å². The Kier molecular flexibility index (Phi) is 3.88. The van der Waals surface area contributed by atoms with E-state index in [2.05, 4.69) is 15.2 Å². The molecule has 0 unspecified atom stereocenters. The van der Waals surface area contributed by atoms with E-state index in [1.807, 2.05) is 17.9 Å². The third-order valence-electron chi connectivity index (χ3n) is 4.71. The van der Waals surface area contributed by atoms with Crippen LogP contribution in [0, 0.1) is 6.92 Å². The fourth-order valence-corrected chi connectivity index (χ4v) is 3.58. The molecule has 7 heteroatoms. The first-order valence-electron chi connectivity index (χ1n) is 8.55. The molecular weight excluding hydrogens is 308 g/mol. The summed E-state index contributed by atoms with van der Waals surface area (Å²) in [5, 5.41) is 7.89. The van der Waals surface area contributed by atoms with E-state index in [0.717, 1.165) is 12.8 Å². The van der Waals surface area contributed by atoms with E-state index in [1.54, 1.807) is 6.92 Å². The van der Waals surface area contributed by atoms with Crippen molar-refractivity contribution in [1.29, 1.82) is 0 Å². The smallest absolute Gasteiger partial charge is 0.270 e. The van der Waals surface area contributed by atoms with E-state index in [9.17, 15) is 4.79 Å². The van der Waals surface area contributed by atoms with E-state index in [4.69, 9.17) is 9.15 Å². The first-order chi connectivity index (χ1) is 11.6. The summed E-state index contributed by atoms with van der Waals surface area (Å²) in [4.78, 5) is 18.1. The molecule has 7 nitrogen and oxygen atoms in total. The fraction of sp³-hybridized carbons (Fsp3) is 0.588. The van der Waals surface area contributed by atoms with Gasteiger partial charge in [-0.15, -0.1) is 10.2 Å². The Bertz CT molecular complexity index is 727. The lowest BCUT2D eigenvalue weighted by atomic mass is 9.98. The molecule has 0 saturated carbocycles. The van der Waals surface area contributed by atoms with Crippen LogP contribution >= 0.6 is 0 Å². The zero-order valence-electron chi connectivity index (χ0n) is 14.0. The molecule has 4 rings (SSSR count). The fourth-order valence-electron chi connectivity index (χ4n) is 3.58. The van der Waals surface area contributed by atoms with Gasteiger partial charge in [-0.05, 0) is 44.2 Å². The Morgan fingerprint density at radius 2 is 2.12 bits per heavy atom. The number of hydrogen-bond donors (Lipinski definition) is 1. The number of aromatic nitrogens is 3. The molecule has 128 valence electrons. The lowest BCUT2D eigenvalue weighted by molar-refractivity contribution is -0.0797. The molecule has 1 amide bonds. The van der Waals surface area contributed by atoms with Gasteiger partial charge < -0.3 is 19.0 Å². The Balaban J connectivity index is 1.54. The van der Waals surface area contributed by atoms with Crippen LogP contribution in [0.1, 0.15) is 59.4 Å². The molecule has 0 bridgehead atoms. The summed E-state index contributed by atoms with van der Waals surface area (Å²) in [6.45, 7) is 4.69. The molecule has 1 aliphatic heterocycles. The molecule has 1 saturated heterocycles. The van der Waals surface area contributed by atoms with E-state index in [0.29, 0.717) is 30.6 Å². The highest BCUT2D eigenvalue weighted by Gasteiger charge is 2.33. The topological polar surface area (TPSA) is 84.2 Å². The summed E-state index contributed by atoms with van der Waals surface area (Å²) in [6, 6.07) is 2.02. The van der Waals surface area contributed by atoms with Crippen molar-refractivity contribution in [3.05, 3.63) is 34.8 Å². The summed E-state index contributed by atoms with van der Waals surface area (Å²) < 4.78 is 11.4. The average Bonchev–Trinajstić information content (AvgIpc) is 3.19. The van der Waals surface area contributed by atoms with E-state index >= 15 is 0 Å². The monoisotopic (exact) mass is 330 g/mol. The number of hydrogen-bond acceptors (Lipinski definition) is 5. The number of nitrogens with one attached hydrogen (secondary N) is 1. The van der Waals surface area contributed by atoms with Crippen LogP contribution in [0.15, 0.2) is 10.5 Å². The van der Waals surface area contributed by atoms with Crippen LogP contribution in [0.5, 0.6) is 0 Å². The van der Waals surface area contributed by atoms with Crippen LogP contribution in [-0.4, -0.2) is 45.2 Å². The molecule has 2 aliphatic rings. The third-order valence-corrected chi connectivity index (χ3v) is 4.71. The number of H-pyrrole nitrogens is 1. The predicted molar refractivity (Wildman–Crippen MR) is 85.7 cm³/mol. The van der Waals surface area contributed by atoms with Gasteiger partial charge in [0.15, 0.2) is 6.10 Å². The molecular formula is C17H22N4O3. The minimum atomic E-state index is -0.372. The van der Waals surface area contributed by atoms with Gasteiger partial charge in [0.25, 0.3) is 5.91 Å². The Labute approximate surface area is 140 Å². The SMILES string of the molecule is Cc1nnc([C@H]2CN(C(=O)c3cc4c([nH]3)CCCC4)C[C@@H](C)O2)o1. The van der Waals surface area contributed by atoms with Gasteiger partial charge in [-0.25, -0.2) is 0 Å². The maximum Gasteiger partial charge on any atom is 0.270 e. The highest BCUT2D eigenvalue weighted by Crippen LogP contribution is 2.27. The van der Waals surface area contributed by atoms with Crippen LogP contribution in [0.3, 0.4) is 0 Å². The maximum absolute atomic E-state index is 12.9. The van der Waals surface area contributed by atoms with Gasteiger partial charge in [-0.1, -0.05) is 0 Å². The van der Waals surface area contributed by atoms with Crippen molar-refractivity contribution in [2.75, 3.05) is 13.1 Å². The maximum atomic E-state index is 12.9. The lowest BCUT2D eigenvalue weighted by Gasteiger charge is -2.35. The third kappa shape index (κ3) is 2.84. The van der Waals surface area contributed by atoms with Gasteiger partial charge in [-0.3, -0.25) is 4.79 Å². The molecule has 0 aromatic carbocycles. The normalized spacial score (nSPS) is 24.0. The summed E-state index contributed by atoms with van der Waals surface area (Å²) >= 11 is 0. The number of ether oxygens (including phenoxy) is 1. The average molecular weight is 330 g/mol. The second kappa shape index (κ2) is 6.05. The van der Waals surface area contributed by atoms with Crippen LogP contribution in [0.2, 0.25) is 0 Å². The van der Waals surface area contributed by atoms with Crippen LogP contribution in [0.25, 0.3) is 0 Å². The van der Waals surface area contributed by atoms with Crippen LogP contribution in [-0.2, 0) is 17.6 Å². The molecule has 1 N–H and O–H groups in total. The van der Waals surface area contributed by atoms with Gasteiger partial charge >= 0.3 is 0 Å². The molecule has 3 heterocycles. The Morgan fingerprint density at radius 3 is 2.88 bits per heavy atom. The Morgan fingerprint density at radius 1 is 1.29 bits per heavy atom. The van der Waals surface area contributed by atoms with Crippen LogP contribution < -0.4 is 0 Å². The number of aryl methyl sites for hydroxylation is 3. The quantitative estimate of drug-likeness (QED) is 0.912. The predicted octanol–water partition coefficient (Wildman–Crippen LogP) is 2.19. The number of carbonyl (C=O) groups is 1. The first kappa shape index (κ1) is 15.4. The molecule has 1 fully saturated rings. The van der Waals surface area contributed by atoms with Crippen LogP contribution in [0.4, 0.5) is 0 Å². The zero-order valence-corrected chi connectivity index (χ0v) is 14.0. The molecule has 24 heavy (non-hydrogen) atoms. The molecule has 0 radical (unpaired) electrons. The number of rotatable bonds is 2. The Hall–Kier alpha value is -2.15. The molecule has 2 aromatic heterocycles. The first-order valence-corrected chi connectivity index (χ1v) is 8.55. The zero-order chi connectivity index (χ0) is 16.7. The van der Waals surface area contributed by atoms with E-state index < -0.39 is 0 Å². The van der Waals surface area contributed by atoms with Gasteiger partial charge in [0.05, 0.1) is 12.6 Å². The molecule has 2 aromatic rings. The summed E-state index contributed by atoms with van der Waals surface area (Å²) in [7, 11) is 0. The van der Waals surface area contributed by atoms with Gasteiger partial charge in [0, 0.05) is 19.2 Å². The van der Waals surface area contributed by atoms with Gasteiger partial charge in [0.1, 0.15) is 5.69 Å². The number of aromatic amines is 1. The molecule has 1 aliphatic carbocycles. The lowest BCUT2D eigenvalue weighted by Crippen LogP contribution is -2.46. The highest BCUT2D eigenvalue weighted by molar-refractivity contribution is 5.93. The molecule has 0 spiro atoms. The number of fused-ring (bicyclic) bond motifs is 1. The van der Waals surface area contributed by atoms with Crippen molar-refractivity contribution in [1.82, 2.24) is 20.1 Å². The largest absolute Gasteiger partial charge is 0.423 e. The van der Waals surface area contributed by atoms with Crippen molar-refractivity contribution >= 4 is 5.91 Å².